The van der Waals surface area contributed by atoms with Gasteiger partial charge in [0.25, 0.3) is 0 Å². The second-order valence-electron chi connectivity index (χ2n) is 4.50. The van der Waals surface area contributed by atoms with Gasteiger partial charge in [0.2, 0.25) is 0 Å². The number of aromatic nitrogens is 1. The number of nitrogens with zero attached hydrogens (tertiary/aromatic N) is 1. The molecule has 1 aliphatic carbocycles. The van der Waals surface area contributed by atoms with Gasteiger partial charge in [0, 0.05) is 17.8 Å². The van der Waals surface area contributed by atoms with Crippen LogP contribution in [0.1, 0.15) is 44.2 Å². The van der Waals surface area contributed by atoms with Crippen LogP contribution in [0.3, 0.4) is 0 Å². The molecule has 0 aliphatic heterocycles. The SMILES string of the molecule is CCOC(=O)[C@@H]1CCCC[C@H]1c1ccccn1. The van der Waals surface area contributed by atoms with Gasteiger partial charge < -0.3 is 4.74 Å². The van der Waals surface area contributed by atoms with Crippen LogP contribution in [0.4, 0.5) is 0 Å². The van der Waals surface area contributed by atoms with Crippen molar-refractivity contribution in [3.05, 3.63) is 30.1 Å². The minimum absolute atomic E-state index is 0.00130. The van der Waals surface area contributed by atoms with Gasteiger partial charge in [-0.3, -0.25) is 9.78 Å². The number of ether oxygens (including phenoxy) is 1. The molecule has 1 aromatic heterocycles. The summed E-state index contributed by atoms with van der Waals surface area (Å²) in [6, 6.07) is 5.91. The van der Waals surface area contributed by atoms with E-state index in [1.54, 1.807) is 6.20 Å². The Morgan fingerprint density at radius 1 is 1.41 bits per heavy atom. The number of carbonyl (C=O) groups is 1. The summed E-state index contributed by atoms with van der Waals surface area (Å²) < 4.78 is 5.17. The van der Waals surface area contributed by atoms with Crippen molar-refractivity contribution in [2.45, 2.75) is 38.5 Å². The molecule has 0 N–H and O–H groups in total. The quantitative estimate of drug-likeness (QED) is 0.753. The normalized spacial score (nSPS) is 24.3. The Balaban J connectivity index is 2.15. The molecule has 0 amide bonds. The lowest BCUT2D eigenvalue weighted by molar-refractivity contribution is -0.149. The van der Waals surface area contributed by atoms with E-state index in [-0.39, 0.29) is 17.8 Å². The first-order chi connectivity index (χ1) is 8.33. The highest BCUT2D eigenvalue weighted by molar-refractivity contribution is 5.73. The molecular formula is C14H19NO2. The van der Waals surface area contributed by atoms with E-state index in [2.05, 4.69) is 4.98 Å². The maximum Gasteiger partial charge on any atom is 0.309 e. The van der Waals surface area contributed by atoms with Crippen molar-refractivity contribution in [3.8, 4) is 0 Å². The van der Waals surface area contributed by atoms with Gasteiger partial charge in [0.1, 0.15) is 0 Å². The number of hydrogen-bond acceptors (Lipinski definition) is 3. The Kier molecular flexibility index (Phi) is 4.13. The lowest BCUT2D eigenvalue weighted by Crippen LogP contribution is -2.28. The van der Waals surface area contributed by atoms with E-state index in [1.807, 2.05) is 25.1 Å². The minimum Gasteiger partial charge on any atom is -0.466 e. The van der Waals surface area contributed by atoms with Crippen molar-refractivity contribution in [1.29, 1.82) is 0 Å². The van der Waals surface area contributed by atoms with Crippen LogP contribution in [0.25, 0.3) is 0 Å². The van der Waals surface area contributed by atoms with Crippen molar-refractivity contribution < 1.29 is 9.53 Å². The predicted molar refractivity (Wildman–Crippen MR) is 65.6 cm³/mol. The van der Waals surface area contributed by atoms with Crippen molar-refractivity contribution in [1.82, 2.24) is 4.98 Å². The van der Waals surface area contributed by atoms with E-state index in [9.17, 15) is 4.79 Å². The summed E-state index contributed by atoms with van der Waals surface area (Å²) in [5, 5.41) is 0. The monoisotopic (exact) mass is 233 g/mol. The highest BCUT2D eigenvalue weighted by Crippen LogP contribution is 2.37. The zero-order valence-electron chi connectivity index (χ0n) is 10.3. The number of pyridine rings is 1. The summed E-state index contributed by atoms with van der Waals surface area (Å²) in [4.78, 5) is 16.3. The van der Waals surface area contributed by atoms with Crippen molar-refractivity contribution in [3.63, 3.8) is 0 Å². The molecule has 0 radical (unpaired) electrons. The fourth-order valence-electron chi connectivity index (χ4n) is 2.61. The smallest absolute Gasteiger partial charge is 0.309 e. The fraction of sp³-hybridized carbons (Fsp3) is 0.571. The molecule has 0 saturated heterocycles. The van der Waals surface area contributed by atoms with Gasteiger partial charge in [0.05, 0.1) is 12.5 Å². The second kappa shape index (κ2) is 5.80. The first kappa shape index (κ1) is 12.1. The number of carbonyl (C=O) groups excluding carboxylic acids is 1. The third kappa shape index (κ3) is 2.84. The lowest BCUT2D eigenvalue weighted by Gasteiger charge is -2.29. The van der Waals surface area contributed by atoms with Gasteiger partial charge in [-0.05, 0) is 31.9 Å². The first-order valence-corrected chi connectivity index (χ1v) is 6.40. The Bertz CT molecular complexity index is 364. The molecule has 1 heterocycles. The van der Waals surface area contributed by atoms with Crippen LogP contribution in [-0.4, -0.2) is 17.6 Å². The molecule has 17 heavy (non-hydrogen) atoms. The van der Waals surface area contributed by atoms with Gasteiger partial charge in [-0.25, -0.2) is 0 Å². The highest BCUT2D eigenvalue weighted by atomic mass is 16.5. The van der Waals surface area contributed by atoms with Crippen molar-refractivity contribution in [2.75, 3.05) is 6.61 Å². The van der Waals surface area contributed by atoms with Crippen LogP contribution in [0.15, 0.2) is 24.4 Å². The Morgan fingerprint density at radius 2 is 2.24 bits per heavy atom. The molecule has 2 atom stereocenters. The molecule has 0 bridgehead atoms. The molecule has 92 valence electrons. The van der Waals surface area contributed by atoms with Gasteiger partial charge in [-0.15, -0.1) is 0 Å². The van der Waals surface area contributed by atoms with Gasteiger partial charge in [0.15, 0.2) is 0 Å². The Labute approximate surface area is 102 Å². The maximum absolute atomic E-state index is 11.9. The van der Waals surface area contributed by atoms with Crippen molar-refractivity contribution >= 4 is 5.97 Å². The average Bonchev–Trinajstić information content (AvgIpc) is 2.40. The number of esters is 1. The molecule has 1 aromatic rings. The molecule has 0 unspecified atom stereocenters. The lowest BCUT2D eigenvalue weighted by atomic mass is 9.77. The largest absolute Gasteiger partial charge is 0.466 e. The summed E-state index contributed by atoms with van der Waals surface area (Å²) in [5.74, 6) is 0.186. The molecule has 3 nitrogen and oxygen atoms in total. The molecule has 1 aliphatic rings. The fourth-order valence-corrected chi connectivity index (χ4v) is 2.61. The van der Waals surface area contributed by atoms with E-state index < -0.39 is 0 Å². The van der Waals surface area contributed by atoms with E-state index in [0.29, 0.717) is 6.61 Å². The first-order valence-electron chi connectivity index (χ1n) is 6.40. The zero-order valence-corrected chi connectivity index (χ0v) is 10.3. The molecule has 0 spiro atoms. The average molecular weight is 233 g/mol. The number of rotatable bonds is 3. The summed E-state index contributed by atoms with van der Waals surface area (Å²) >= 11 is 0. The molecule has 1 saturated carbocycles. The standard InChI is InChI=1S/C14H19NO2/c1-2-17-14(16)12-8-4-3-7-11(12)13-9-5-6-10-15-13/h5-6,9-12H,2-4,7-8H2,1H3/t11-,12-/m1/s1. The second-order valence-corrected chi connectivity index (χ2v) is 4.50. The van der Waals surface area contributed by atoms with Crippen LogP contribution in [0.2, 0.25) is 0 Å². The van der Waals surface area contributed by atoms with Crippen LogP contribution < -0.4 is 0 Å². The summed E-state index contributed by atoms with van der Waals surface area (Å²) in [6.45, 7) is 2.32. The Hall–Kier alpha value is -1.38. The highest BCUT2D eigenvalue weighted by Gasteiger charge is 2.33. The molecule has 2 rings (SSSR count). The maximum atomic E-state index is 11.9. The molecule has 3 heteroatoms. The van der Waals surface area contributed by atoms with Crippen LogP contribution in [0, 0.1) is 5.92 Å². The van der Waals surface area contributed by atoms with Crippen LogP contribution in [0.5, 0.6) is 0 Å². The van der Waals surface area contributed by atoms with E-state index in [1.165, 1.54) is 6.42 Å². The molecule has 1 fully saturated rings. The van der Waals surface area contributed by atoms with E-state index in [4.69, 9.17) is 4.74 Å². The summed E-state index contributed by atoms with van der Waals surface area (Å²) in [6.07, 6.45) is 6.07. The third-order valence-electron chi connectivity index (χ3n) is 3.42. The van der Waals surface area contributed by atoms with Gasteiger partial charge in [-0.1, -0.05) is 18.9 Å². The topological polar surface area (TPSA) is 39.2 Å². The minimum atomic E-state index is -0.0529. The van der Waals surface area contributed by atoms with Crippen molar-refractivity contribution in [2.24, 2.45) is 5.92 Å². The Morgan fingerprint density at radius 3 is 2.94 bits per heavy atom. The zero-order chi connectivity index (χ0) is 12.1. The van der Waals surface area contributed by atoms with Gasteiger partial charge in [-0.2, -0.15) is 0 Å². The predicted octanol–water partition coefficient (Wildman–Crippen LogP) is 2.92. The molecular weight excluding hydrogens is 214 g/mol. The number of hydrogen-bond donors (Lipinski definition) is 0. The van der Waals surface area contributed by atoms with E-state index in [0.717, 1.165) is 25.0 Å². The third-order valence-corrected chi connectivity index (χ3v) is 3.42. The summed E-state index contributed by atoms with van der Waals surface area (Å²) in [7, 11) is 0. The van der Waals surface area contributed by atoms with Crippen LogP contribution >= 0.6 is 0 Å². The summed E-state index contributed by atoms with van der Waals surface area (Å²) in [5.41, 5.74) is 1.03. The molecule has 0 aromatic carbocycles. The van der Waals surface area contributed by atoms with Gasteiger partial charge >= 0.3 is 5.97 Å². The van der Waals surface area contributed by atoms with Crippen LogP contribution in [-0.2, 0) is 9.53 Å². The van der Waals surface area contributed by atoms with E-state index >= 15 is 0 Å².